The van der Waals surface area contributed by atoms with Gasteiger partial charge in [0.2, 0.25) is 5.91 Å². The maximum atomic E-state index is 11.5. The van der Waals surface area contributed by atoms with Gasteiger partial charge in [-0.25, -0.2) is 0 Å². The summed E-state index contributed by atoms with van der Waals surface area (Å²) < 4.78 is 1.93. The summed E-state index contributed by atoms with van der Waals surface area (Å²) in [6.07, 6.45) is 0.929. The summed E-state index contributed by atoms with van der Waals surface area (Å²) in [7, 11) is 0. The molecule has 4 rings (SSSR count). The highest BCUT2D eigenvalue weighted by molar-refractivity contribution is 5.97. The van der Waals surface area contributed by atoms with Gasteiger partial charge in [0.25, 0.3) is 0 Å². The molecule has 0 bridgehead atoms. The fourth-order valence-corrected chi connectivity index (χ4v) is 3.14. The molecule has 0 fully saturated rings. The second-order valence-electron chi connectivity index (χ2n) is 5.18. The fourth-order valence-electron chi connectivity index (χ4n) is 3.14. The van der Waals surface area contributed by atoms with E-state index in [9.17, 15) is 4.79 Å². The Kier molecular flexibility index (Phi) is 2.24. The van der Waals surface area contributed by atoms with Crippen molar-refractivity contribution in [1.82, 2.24) is 4.68 Å². The van der Waals surface area contributed by atoms with Gasteiger partial charge < -0.3 is 0 Å². The van der Waals surface area contributed by atoms with Gasteiger partial charge in [-0.2, -0.15) is 0 Å². The number of carbonyl (C=O) groups excluding carboxylic acids is 1. The Morgan fingerprint density at radius 1 is 1.10 bits per heavy atom. The molecule has 0 unspecified atom stereocenters. The highest BCUT2D eigenvalue weighted by Gasteiger charge is 2.26. The van der Waals surface area contributed by atoms with E-state index in [1.54, 1.807) is 6.92 Å². The summed E-state index contributed by atoms with van der Waals surface area (Å²) in [5.41, 5.74) is 8.96. The van der Waals surface area contributed by atoms with Crippen LogP contribution in [0, 0.1) is 0 Å². The van der Waals surface area contributed by atoms with Crippen LogP contribution in [0.25, 0.3) is 22.2 Å². The summed E-state index contributed by atoms with van der Waals surface area (Å²) in [5, 5.41) is 1.22. The van der Waals surface area contributed by atoms with Crippen LogP contribution in [-0.4, -0.2) is 10.6 Å². The molecule has 2 aromatic carbocycles. The number of aromatic nitrogens is 1. The van der Waals surface area contributed by atoms with E-state index >= 15 is 0 Å². The second-order valence-corrected chi connectivity index (χ2v) is 5.18. The predicted molar refractivity (Wildman–Crippen MR) is 80.2 cm³/mol. The predicted octanol–water partition coefficient (Wildman–Crippen LogP) is 3.30. The number of rotatable bonds is 1. The van der Waals surface area contributed by atoms with Crippen molar-refractivity contribution in [1.29, 1.82) is 0 Å². The number of hydrogen-bond donors (Lipinski definition) is 1. The zero-order valence-electron chi connectivity index (χ0n) is 11.2. The van der Waals surface area contributed by atoms with Gasteiger partial charge in [0.1, 0.15) is 0 Å². The standard InChI is InChI=1S/C17H14N2O/c1-11(20)18-19-16-9-5-4-8-14(16)15-10-12-6-2-3-7-13(12)17(15)19/h2-9H,10H2,1H3,(H,18,20). The Hall–Kier alpha value is -2.55. The zero-order valence-corrected chi connectivity index (χ0v) is 11.2. The fraction of sp³-hybridized carbons (Fsp3) is 0.118. The van der Waals surface area contributed by atoms with E-state index in [0.717, 1.165) is 17.6 Å². The van der Waals surface area contributed by atoms with Crippen LogP contribution in [0.1, 0.15) is 18.1 Å². The number of nitrogens with one attached hydrogen (secondary N) is 1. The summed E-state index contributed by atoms with van der Waals surface area (Å²) in [4.78, 5) is 11.5. The molecule has 3 nitrogen and oxygen atoms in total. The molecule has 0 saturated heterocycles. The highest BCUT2D eigenvalue weighted by Crippen LogP contribution is 2.41. The first-order chi connectivity index (χ1) is 9.75. The molecular formula is C17H14N2O. The van der Waals surface area contributed by atoms with E-state index in [0.29, 0.717) is 0 Å². The molecule has 20 heavy (non-hydrogen) atoms. The van der Waals surface area contributed by atoms with Crippen LogP contribution in [-0.2, 0) is 11.2 Å². The number of para-hydroxylation sites is 1. The molecule has 0 radical (unpaired) electrons. The summed E-state index contributed by atoms with van der Waals surface area (Å²) in [6.45, 7) is 1.54. The Bertz CT molecular complexity index is 845. The van der Waals surface area contributed by atoms with Gasteiger partial charge in [0.05, 0.1) is 11.2 Å². The lowest BCUT2D eigenvalue weighted by molar-refractivity contribution is -0.115. The number of fused-ring (bicyclic) bond motifs is 5. The van der Waals surface area contributed by atoms with Gasteiger partial charge in [-0.1, -0.05) is 42.5 Å². The van der Waals surface area contributed by atoms with E-state index in [-0.39, 0.29) is 5.91 Å². The summed E-state index contributed by atoms with van der Waals surface area (Å²) in [6, 6.07) is 16.6. The maximum absolute atomic E-state index is 11.5. The van der Waals surface area contributed by atoms with E-state index in [2.05, 4.69) is 29.7 Å². The number of nitrogens with zero attached hydrogens (tertiary/aromatic N) is 1. The van der Waals surface area contributed by atoms with Crippen molar-refractivity contribution in [3.05, 3.63) is 59.7 Å². The molecule has 3 aromatic rings. The Morgan fingerprint density at radius 3 is 2.70 bits per heavy atom. The molecule has 98 valence electrons. The molecule has 0 saturated carbocycles. The third kappa shape index (κ3) is 1.43. The first-order valence-corrected chi connectivity index (χ1v) is 6.74. The molecule has 1 amide bonds. The highest BCUT2D eigenvalue weighted by atomic mass is 16.2. The summed E-state index contributed by atoms with van der Waals surface area (Å²) >= 11 is 0. The first kappa shape index (κ1) is 11.3. The van der Waals surface area contributed by atoms with Crippen LogP contribution in [0.3, 0.4) is 0 Å². The molecule has 0 aliphatic heterocycles. The molecule has 1 aromatic heterocycles. The van der Waals surface area contributed by atoms with Gasteiger partial charge in [0.15, 0.2) is 0 Å². The minimum Gasteiger partial charge on any atom is -0.274 e. The lowest BCUT2D eigenvalue weighted by atomic mass is 10.1. The van der Waals surface area contributed by atoms with Crippen LogP contribution in [0.5, 0.6) is 0 Å². The van der Waals surface area contributed by atoms with E-state index in [1.165, 1.54) is 22.1 Å². The monoisotopic (exact) mass is 262 g/mol. The SMILES string of the molecule is CC(=O)Nn1c2c(c3ccccc31)Cc1ccccc1-2. The quantitative estimate of drug-likeness (QED) is 0.561. The molecular weight excluding hydrogens is 248 g/mol. The molecule has 1 heterocycles. The summed E-state index contributed by atoms with van der Waals surface area (Å²) in [5.74, 6) is -0.0575. The van der Waals surface area contributed by atoms with Crippen LogP contribution in [0.15, 0.2) is 48.5 Å². The normalized spacial score (nSPS) is 12.2. The van der Waals surface area contributed by atoms with Crippen molar-refractivity contribution in [3.63, 3.8) is 0 Å². The van der Waals surface area contributed by atoms with E-state index in [1.807, 2.05) is 28.9 Å². The number of benzene rings is 2. The third-order valence-corrected chi connectivity index (χ3v) is 3.89. The molecule has 3 heteroatoms. The topological polar surface area (TPSA) is 34.0 Å². The molecule has 0 atom stereocenters. The number of amides is 1. The Balaban J connectivity index is 2.09. The van der Waals surface area contributed by atoms with Crippen LogP contribution >= 0.6 is 0 Å². The second kappa shape index (κ2) is 3.97. The zero-order chi connectivity index (χ0) is 13.7. The van der Waals surface area contributed by atoms with Crippen LogP contribution in [0.4, 0.5) is 0 Å². The Labute approximate surface area is 116 Å². The van der Waals surface area contributed by atoms with Crippen molar-refractivity contribution in [2.24, 2.45) is 0 Å². The van der Waals surface area contributed by atoms with Crippen molar-refractivity contribution < 1.29 is 4.79 Å². The van der Waals surface area contributed by atoms with Crippen molar-refractivity contribution in [2.75, 3.05) is 5.43 Å². The van der Waals surface area contributed by atoms with Crippen molar-refractivity contribution in [3.8, 4) is 11.3 Å². The maximum Gasteiger partial charge on any atom is 0.235 e. The van der Waals surface area contributed by atoms with E-state index < -0.39 is 0 Å². The molecule has 1 N–H and O–H groups in total. The third-order valence-electron chi connectivity index (χ3n) is 3.89. The van der Waals surface area contributed by atoms with Gasteiger partial charge in [-0.05, 0) is 17.2 Å². The minimum atomic E-state index is -0.0575. The van der Waals surface area contributed by atoms with Crippen LogP contribution in [0.2, 0.25) is 0 Å². The lowest BCUT2D eigenvalue weighted by Crippen LogP contribution is -2.20. The van der Waals surface area contributed by atoms with Gasteiger partial charge in [-0.3, -0.25) is 14.9 Å². The van der Waals surface area contributed by atoms with Crippen LogP contribution < -0.4 is 5.43 Å². The minimum absolute atomic E-state index is 0.0575. The molecule has 1 aliphatic carbocycles. The lowest BCUT2D eigenvalue weighted by Gasteiger charge is -2.10. The number of hydrogen-bond acceptors (Lipinski definition) is 1. The smallest absolute Gasteiger partial charge is 0.235 e. The average Bonchev–Trinajstić information content (AvgIpc) is 2.96. The molecule has 1 aliphatic rings. The van der Waals surface area contributed by atoms with Crippen molar-refractivity contribution in [2.45, 2.75) is 13.3 Å². The first-order valence-electron chi connectivity index (χ1n) is 6.74. The molecule has 0 spiro atoms. The number of carbonyl (C=O) groups is 1. The van der Waals surface area contributed by atoms with Gasteiger partial charge in [0, 0.05) is 24.3 Å². The largest absolute Gasteiger partial charge is 0.274 e. The Morgan fingerprint density at radius 2 is 1.85 bits per heavy atom. The van der Waals surface area contributed by atoms with Gasteiger partial charge >= 0.3 is 0 Å². The van der Waals surface area contributed by atoms with Crippen molar-refractivity contribution >= 4 is 16.8 Å². The van der Waals surface area contributed by atoms with E-state index in [4.69, 9.17) is 0 Å². The van der Waals surface area contributed by atoms with Gasteiger partial charge in [-0.15, -0.1) is 0 Å². The average molecular weight is 262 g/mol.